The van der Waals surface area contributed by atoms with Gasteiger partial charge in [-0.05, 0) is 12.5 Å². The summed E-state index contributed by atoms with van der Waals surface area (Å²) in [6, 6.07) is 0. The molecule has 0 aromatic carbocycles. The van der Waals surface area contributed by atoms with Gasteiger partial charge in [0.05, 0.1) is 0 Å². The molecule has 1 aliphatic rings. The molecule has 0 aromatic rings. The molecule has 0 amide bonds. The van der Waals surface area contributed by atoms with E-state index in [-0.39, 0.29) is 17.6 Å². The van der Waals surface area contributed by atoms with Crippen molar-refractivity contribution in [1.82, 2.24) is 0 Å². The number of rotatable bonds is 1. The van der Waals surface area contributed by atoms with E-state index in [9.17, 15) is 13.2 Å². The fourth-order valence-electron chi connectivity index (χ4n) is 0.915. The van der Waals surface area contributed by atoms with Crippen LogP contribution < -0.4 is 0 Å². The molecule has 0 aromatic heterocycles. The number of hydrogen-bond donors (Lipinski definition) is 0. The Morgan fingerprint density at radius 1 is 1.50 bits per heavy atom. The minimum atomic E-state index is -2.53. The van der Waals surface area contributed by atoms with E-state index in [2.05, 4.69) is 0 Å². The first-order chi connectivity index (χ1) is 4.63. The van der Waals surface area contributed by atoms with Gasteiger partial charge in [-0.1, -0.05) is 6.08 Å². The van der Waals surface area contributed by atoms with Crippen LogP contribution in [0.5, 0.6) is 0 Å². The molecule has 0 saturated heterocycles. The molecule has 0 bridgehead atoms. The second-order valence-corrected chi connectivity index (χ2v) is 2.19. The maximum Gasteiger partial charge on any atom is 0.263 e. The van der Waals surface area contributed by atoms with Crippen molar-refractivity contribution in [1.29, 1.82) is 0 Å². The number of halogens is 3. The molecule has 0 fully saturated rings. The third kappa shape index (κ3) is 1.08. The highest BCUT2D eigenvalue weighted by Crippen LogP contribution is 2.30. The minimum Gasteiger partial charge on any atom is -0.211 e. The van der Waals surface area contributed by atoms with Gasteiger partial charge in [-0.3, -0.25) is 0 Å². The molecule has 1 aliphatic carbocycles. The molecule has 0 N–H and O–H groups in total. The van der Waals surface area contributed by atoms with E-state index in [1.165, 1.54) is 13.0 Å². The average Bonchev–Trinajstić information content (AvgIpc) is 2.14. The Morgan fingerprint density at radius 2 is 2.10 bits per heavy atom. The summed E-state index contributed by atoms with van der Waals surface area (Å²) in [7, 11) is 0. The summed E-state index contributed by atoms with van der Waals surface area (Å²) in [4.78, 5) is 0. The van der Waals surface area contributed by atoms with Crippen LogP contribution in [-0.2, 0) is 0 Å². The van der Waals surface area contributed by atoms with Crippen LogP contribution in [0.1, 0.15) is 13.3 Å². The molecule has 0 unspecified atom stereocenters. The molecule has 1 rings (SSSR count). The van der Waals surface area contributed by atoms with E-state index in [4.69, 9.17) is 0 Å². The number of hydrogen-bond acceptors (Lipinski definition) is 0. The van der Waals surface area contributed by atoms with Crippen LogP contribution >= 0.6 is 0 Å². The summed E-state index contributed by atoms with van der Waals surface area (Å²) < 4.78 is 36.2. The van der Waals surface area contributed by atoms with Gasteiger partial charge in [0.2, 0.25) is 0 Å². The van der Waals surface area contributed by atoms with Crippen molar-refractivity contribution in [2.45, 2.75) is 19.8 Å². The highest BCUT2D eigenvalue weighted by molar-refractivity contribution is 5.39. The van der Waals surface area contributed by atoms with E-state index in [1.807, 2.05) is 0 Å². The lowest BCUT2D eigenvalue weighted by Gasteiger charge is -1.99. The standard InChI is InChI=1S/C7H7F3/c1-4-5(7(9)10)2-3-6(4)8/h2,7H,3H2,1H3. The highest BCUT2D eigenvalue weighted by atomic mass is 19.3. The van der Waals surface area contributed by atoms with Crippen molar-refractivity contribution in [3.8, 4) is 0 Å². The van der Waals surface area contributed by atoms with Gasteiger partial charge in [0, 0.05) is 12.0 Å². The fraction of sp³-hybridized carbons (Fsp3) is 0.429. The van der Waals surface area contributed by atoms with E-state index in [0.29, 0.717) is 0 Å². The number of alkyl halides is 2. The van der Waals surface area contributed by atoms with Crippen molar-refractivity contribution >= 4 is 0 Å². The maximum atomic E-state index is 12.4. The van der Waals surface area contributed by atoms with Gasteiger partial charge in [-0.25, -0.2) is 13.2 Å². The molecule has 3 heteroatoms. The lowest BCUT2D eigenvalue weighted by Crippen LogP contribution is -1.95. The van der Waals surface area contributed by atoms with Gasteiger partial charge < -0.3 is 0 Å². The topological polar surface area (TPSA) is 0 Å². The second kappa shape index (κ2) is 2.48. The van der Waals surface area contributed by atoms with Crippen molar-refractivity contribution in [3.05, 3.63) is 23.0 Å². The molecule has 0 heterocycles. The molecule has 0 radical (unpaired) electrons. The van der Waals surface area contributed by atoms with Crippen molar-refractivity contribution in [3.63, 3.8) is 0 Å². The van der Waals surface area contributed by atoms with Crippen LogP contribution in [0.25, 0.3) is 0 Å². The summed E-state index contributed by atoms with van der Waals surface area (Å²) in [6.07, 6.45) is -1.27. The lowest BCUT2D eigenvalue weighted by molar-refractivity contribution is 0.192. The average molecular weight is 148 g/mol. The molecule has 0 spiro atoms. The van der Waals surface area contributed by atoms with Crippen LogP contribution in [0.4, 0.5) is 13.2 Å². The first-order valence-electron chi connectivity index (χ1n) is 2.96. The Labute approximate surface area is 57.0 Å². The van der Waals surface area contributed by atoms with Crippen LogP contribution in [-0.4, -0.2) is 6.43 Å². The number of allylic oxidation sites excluding steroid dienone is 4. The van der Waals surface area contributed by atoms with Crippen LogP contribution in [0, 0.1) is 0 Å². The predicted molar refractivity (Wildman–Crippen MR) is 32.5 cm³/mol. The van der Waals surface area contributed by atoms with E-state index in [0.717, 1.165) is 0 Å². The quantitative estimate of drug-likeness (QED) is 0.536. The zero-order chi connectivity index (χ0) is 7.72. The molecule has 56 valence electrons. The second-order valence-electron chi connectivity index (χ2n) is 2.19. The zero-order valence-corrected chi connectivity index (χ0v) is 5.50. The smallest absolute Gasteiger partial charge is 0.211 e. The Bertz CT molecular complexity index is 201. The summed E-state index contributed by atoms with van der Waals surface area (Å²) in [6.45, 7) is 1.38. The predicted octanol–water partition coefficient (Wildman–Crippen LogP) is 2.83. The molecular formula is C7H7F3. The van der Waals surface area contributed by atoms with Crippen molar-refractivity contribution < 1.29 is 13.2 Å². The summed E-state index contributed by atoms with van der Waals surface area (Å²) in [5, 5.41) is 0. The summed E-state index contributed by atoms with van der Waals surface area (Å²) >= 11 is 0. The molecule has 0 atom stereocenters. The van der Waals surface area contributed by atoms with Gasteiger partial charge in [0.25, 0.3) is 6.43 Å². The SMILES string of the molecule is CC1=C(F)CC=C1C(F)F. The third-order valence-electron chi connectivity index (χ3n) is 1.58. The first kappa shape index (κ1) is 7.38. The van der Waals surface area contributed by atoms with Gasteiger partial charge in [0.1, 0.15) is 5.83 Å². The van der Waals surface area contributed by atoms with Gasteiger partial charge in [-0.2, -0.15) is 0 Å². The van der Waals surface area contributed by atoms with E-state index in [1.54, 1.807) is 0 Å². The van der Waals surface area contributed by atoms with Gasteiger partial charge >= 0.3 is 0 Å². The van der Waals surface area contributed by atoms with Crippen LogP contribution in [0.2, 0.25) is 0 Å². The largest absolute Gasteiger partial charge is 0.263 e. The van der Waals surface area contributed by atoms with E-state index < -0.39 is 12.3 Å². The zero-order valence-electron chi connectivity index (χ0n) is 5.50. The Hall–Kier alpha value is -0.730. The van der Waals surface area contributed by atoms with E-state index >= 15 is 0 Å². The van der Waals surface area contributed by atoms with Crippen LogP contribution in [0.3, 0.4) is 0 Å². The molecular weight excluding hydrogens is 141 g/mol. The van der Waals surface area contributed by atoms with Gasteiger partial charge in [0.15, 0.2) is 0 Å². The normalized spacial score (nSPS) is 18.7. The lowest BCUT2D eigenvalue weighted by atomic mass is 10.2. The molecule has 0 aliphatic heterocycles. The third-order valence-corrected chi connectivity index (χ3v) is 1.58. The minimum absolute atomic E-state index is 0.0332. The Kier molecular flexibility index (Phi) is 1.83. The summed E-state index contributed by atoms with van der Waals surface area (Å²) in [5.41, 5.74) is -0.0486. The maximum absolute atomic E-state index is 12.4. The molecule has 0 saturated carbocycles. The molecule has 0 nitrogen and oxygen atoms in total. The molecule has 10 heavy (non-hydrogen) atoms. The fourth-order valence-corrected chi connectivity index (χ4v) is 0.915. The summed E-state index contributed by atoms with van der Waals surface area (Å²) in [5.74, 6) is -0.435. The van der Waals surface area contributed by atoms with Crippen molar-refractivity contribution in [2.24, 2.45) is 0 Å². The van der Waals surface area contributed by atoms with Gasteiger partial charge in [-0.15, -0.1) is 0 Å². The first-order valence-corrected chi connectivity index (χ1v) is 2.96. The highest BCUT2D eigenvalue weighted by Gasteiger charge is 2.20. The van der Waals surface area contributed by atoms with Crippen molar-refractivity contribution in [2.75, 3.05) is 0 Å². The Morgan fingerprint density at radius 3 is 2.30 bits per heavy atom. The monoisotopic (exact) mass is 148 g/mol. The Balaban J connectivity index is 2.83. The van der Waals surface area contributed by atoms with Crippen LogP contribution in [0.15, 0.2) is 23.0 Å².